The molecule has 0 aromatic rings. The van der Waals surface area contributed by atoms with Crippen molar-refractivity contribution < 1.29 is 0 Å². The molecule has 0 aromatic carbocycles. The van der Waals surface area contributed by atoms with Gasteiger partial charge in [-0.25, -0.2) is 0 Å². The molecule has 3 N–H and O–H groups in total. The summed E-state index contributed by atoms with van der Waals surface area (Å²) in [6.07, 6.45) is 5.28. The van der Waals surface area contributed by atoms with Gasteiger partial charge in [-0.1, -0.05) is 6.08 Å². The normalized spacial score (nSPS) is 28.0. The third-order valence-electron chi connectivity index (χ3n) is 1.78. The van der Waals surface area contributed by atoms with Gasteiger partial charge in [0.2, 0.25) is 0 Å². The SMILES string of the molecule is C1=CC2(CC2)CS1.N. The van der Waals surface area contributed by atoms with E-state index in [0.717, 1.165) is 5.41 Å². The minimum atomic E-state index is 0. The van der Waals surface area contributed by atoms with Crippen LogP contribution in [0.5, 0.6) is 0 Å². The van der Waals surface area contributed by atoms with Crippen LogP contribution in [0.2, 0.25) is 0 Å². The lowest BCUT2D eigenvalue weighted by atomic mass is 10.1. The lowest BCUT2D eigenvalue weighted by molar-refractivity contribution is 0.776. The highest BCUT2D eigenvalue weighted by atomic mass is 32.2. The van der Waals surface area contributed by atoms with Crippen LogP contribution in [0, 0.1) is 5.41 Å². The zero-order chi connectivity index (χ0) is 4.74. The lowest BCUT2D eigenvalue weighted by Crippen LogP contribution is -1.90. The fourth-order valence-electron chi connectivity index (χ4n) is 0.926. The van der Waals surface area contributed by atoms with Gasteiger partial charge in [-0.05, 0) is 23.7 Å². The molecule has 1 nitrogen and oxygen atoms in total. The first-order valence-electron chi connectivity index (χ1n) is 2.71. The Morgan fingerprint density at radius 3 is 2.38 bits per heavy atom. The first kappa shape index (κ1) is 6.17. The molecule has 1 fully saturated rings. The van der Waals surface area contributed by atoms with E-state index in [-0.39, 0.29) is 6.15 Å². The van der Waals surface area contributed by atoms with Crippen LogP contribution >= 0.6 is 11.8 Å². The quantitative estimate of drug-likeness (QED) is 0.544. The highest BCUT2D eigenvalue weighted by Gasteiger charge is 2.41. The molecular weight excluding hydrogens is 118 g/mol. The van der Waals surface area contributed by atoms with Gasteiger partial charge >= 0.3 is 0 Å². The van der Waals surface area contributed by atoms with Gasteiger partial charge < -0.3 is 6.15 Å². The molecule has 0 amide bonds. The number of allylic oxidation sites excluding steroid dienone is 1. The summed E-state index contributed by atoms with van der Waals surface area (Å²) in [5.41, 5.74) is 0.727. The van der Waals surface area contributed by atoms with Crippen LogP contribution in [0.15, 0.2) is 11.5 Å². The fraction of sp³-hybridized carbons (Fsp3) is 0.667. The maximum atomic E-state index is 2.37. The molecule has 0 saturated heterocycles. The minimum Gasteiger partial charge on any atom is -0.344 e. The van der Waals surface area contributed by atoms with Crippen molar-refractivity contribution >= 4 is 11.8 Å². The smallest absolute Gasteiger partial charge is 0.00656 e. The molecule has 8 heavy (non-hydrogen) atoms. The van der Waals surface area contributed by atoms with Crippen LogP contribution in [-0.4, -0.2) is 5.75 Å². The molecule has 1 saturated carbocycles. The first-order valence-corrected chi connectivity index (χ1v) is 3.76. The van der Waals surface area contributed by atoms with E-state index in [4.69, 9.17) is 0 Å². The van der Waals surface area contributed by atoms with Gasteiger partial charge in [0, 0.05) is 5.75 Å². The average molecular weight is 129 g/mol. The van der Waals surface area contributed by atoms with Gasteiger partial charge in [-0.15, -0.1) is 11.8 Å². The second kappa shape index (κ2) is 1.78. The van der Waals surface area contributed by atoms with Gasteiger partial charge in [0.1, 0.15) is 0 Å². The molecule has 0 radical (unpaired) electrons. The summed E-state index contributed by atoms with van der Waals surface area (Å²) < 4.78 is 0. The highest BCUT2D eigenvalue weighted by Crippen LogP contribution is 2.53. The predicted octanol–water partition coefficient (Wildman–Crippen LogP) is 2.19. The van der Waals surface area contributed by atoms with Crippen molar-refractivity contribution in [2.75, 3.05) is 5.75 Å². The van der Waals surface area contributed by atoms with Gasteiger partial charge in [-0.3, -0.25) is 0 Å². The van der Waals surface area contributed by atoms with Gasteiger partial charge in [0.05, 0.1) is 0 Å². The molecule has 2 aliphatic rings. The standard InChI is InChI=1S/C6H8S.H3N/c1-2-6(1)3-4-7-5-6;/h3-4H,1-2,5H2;1H3. The zero-order valence-corrected chi connectivity index (χ0v) is 5.71. The number of hydrogen-bond acceptors (Lipinski definition) is 2. The van der Waals surface area contributed by atoms with Crippen LogP contribution in [0.25, 0.3) is 0 Å². The average Bonchev–Trinajstić information content (AvgIpc) is 2.15. The summed E-state index contributed by atoms with van der Waals surface area (Å²) in [5.74, 6) is 1.37. The largest absolute Gasteiger partial charge is 0.344 e. The molecule has 1 spiro atoms. The molecule has 1 aliphatic heterocycles. The molecule has 2 heteroatoms. The summed E-state index contributed by atoms with van der Waals surface area (Å²) in [7, 11) is 0. The molecular formula is C6H11NS. The Kier molecular flexibility index (Phi) is 1.37. The zero-order valence-electron chi connectivity index (χ0n) is 4.89. The van der Waals surface area contributed by atoms with E-state index in [1.54, 1.807) is 0 Å². The molecule has 0 bridgehead atoms. The van der Waals surface area contributed by atoms with Crippen molar-refractivity contribution in [1.82, 2.24) is 6.15 Å². The molecule has 46 valence electrons. The number of hydrogen-bond donors (Lipinski definition) is 1. The Hall–Kier alpha value is 0.0500. The summed E-state index contributed by atoms with van der Waals surface area (Å²) in [4.78, 5) is 0. The van der Waals surface area contributed by atoms with Crippen molar-refractivity contribution in [3.63, 3.8) is 0 Å². The van der Waals surface area contributed by atoms with Gasteiger partial charge in [-0.2, -0.15) is 0 Å². The second-order valence-electron chi connectivity index (χ2n) is 2.48. The van der Waals surface area contributed by atoms with Gasteiger partial charge in [0.15, 0.2) is 0 Å². The van der Waals surface area contributed by atoms with Crippen molar-refractivity contribution in [1.29, 1.82) is 0 Å². The van der Waals surface area contributed by atoms with Crippen LogP contribution in [-0.2, 0) is 0 Å². The van der Waals surface area contributed by atoms with Crippen LogP contribution in [0.1, 0.15) is 12.8 Å². The monoisotopic (exact) mass is 129 g/mol. The number of thioether (sulfide) groups is 1. The van der Waals surface area contributed by atoms with E-state index in [0.29, 0.717) is 0 Å². The third kappa shape index (κ3) is 0.782. The van der Waals surface area contributed by atoms with Crippen LogP contribution < -0.4 is 6.15 Å². The Morgan fingerprint density at radius 2 is 2.12 bits per heavy atom. The summed E-state index contributed by atoms with van der Waals surface area (Å²) in [6, 6.07) is 0. The van der Waals surface area contributed by atoms with E-state index in [2.05, 4.69) is 11.5 Å². The first-order chi connectivity index (χ1) is 3.41. The van der Waals surface area contributed by atoms with E-state index in [1.807, 2.05) is 11.8 Å². The van der Waals surface area contributed by atoms with Crippen molar-refractivity contribution in [3.8, 4) is 0 Å². The third-order valence-corrected chi connectivity index (χ3v) is 2.85. The van der Waals surface area contributed by atoms with Crippen molar-refractivity contribution in [2.24, 2.45) is 5.41 Å². The Bertz CT molecular complexity index is 116. The Balaban J connectivity index is 0.000000320. The highest BCUT2D eigenvalue weighted by molar-refractivity contribution is 8.02. The second-order valence-corrected chi connectivity index (χ2v) is 3.37. The molecule has 2 rings (SSSR count). The molecule has 0 atom stereocenters. The number of rotatable bonds is 0. The van der Waals surface area contributed by atoms with E-state index < -0.39 is 0 Å². The summed E-state index contributed by atoms with van der Waals surface area (Å²) >= 11 is 1.96. The van der Waals surface area contributed by atoms with Crippen LogP contribution in [0.3, 0.4) is 0 Å². The predicted molar refractivity (Wildman–Crippen MR) is 38.3 cm³/mol. The maximum Gasteiger partial charge on any atom is 0.00656 e. The lowest BCUT2D eigenvalue weighted by Gasteiger charge is -1.94. The topological polar surface area (TPSA) is 35.0 Å². The minimum absolute atomic E-state index is 0. The maximum absolute atomic E-state index is 2.37. The summed E-state index contributed by atoms with van der Waals surface area (Å²) in [5, 5.41) is 2.24. The van der Waals surface area contributed by atoms with Gasteiger partial charge in [0.25, 0.3) is 0 Å². The van der Waals surface area contributed by atoms with E-state index in [1.165, 1.54) is 18.6 Å². The van der Waals surface area contributed by atoms with E-state index >= 15 is 0 Å². The fourth-order valence-corrected chi connectivity index (χ4v) is 2.12. The van der Waals surface area contributed by atoms with Crippen molar-refractivity contribution in [2.45, 2.75) is 12.8 Å². The van der Waals surface area contributed by atoms with Crippen molar-refractivity contribution in [3.05, 3.63) is 11.5 Å². The molecule has 0 unspecified atom stereocenters. The van der Waals surface area contributed by atoms with E-state index in [9.17, 15) is 0 Å². The molecule has 0 aromatic heterocycles. The Labute approximate surface area is 54.1 Å². The molecule has 1 heterocycles. The Morgan fingerprint density at radius 1 is 1.38 bits per heavy atom. The van der Waals surface area contributed by atoms with Crippen LogP contribution in [0.4, 0.5) is 0 Å². The summed E-state index contributed by atoms with van der Waals surface area (Å²) in [6.45, 7) is 0. The molecule has 1 aliphatic carbocycles.